The SMILES string of the molecule is CCNC(=NC)c1cc(C)cc(C(F)(F)F)c1. The van der Waals surface area contributed by atoms with Crippen molar-refractivity contribution < 1.29 is 13.2 Å². The Bertz CT molecular complexity index is 422. The molecule has 5 heteroatoms. The van der Waals surface area contributed by atoms with Gasteiger partial charge in [0.15, 0.2) is 0 Å². The lowest BCUT2D eigenvalue weighted by Crippen LogP contribution is -2.24. The molecule has 0 heterocycles. The average molecular weight is 244 g/mol. The zero-order chi connectivity index (χ0) is 13.1. The zero-order valence-electron chi connectivity index (χ0n) is 10.0. The number of rotatable bonds is 2. The average Bonchev–Trinajstić information content (AvgIpc) is 2.23. The molecule has 0 aliphatic carbocycles. The highest BCUT2D eigenvalue weighted by Gasteiger charge is 2.31. The van der Waals surface area contributed by atoms with Gasteiger partial charge in [0, 0.05) is 19.2 Å². The predicted octanol–water partition coefficient (Wildman–Crippen LogP) is 3.00. The maximum absolute atomic E-state index is 12.6. The Kier molecular flexibility index (Phi) is 4.15. The van der Waals surface area contributed by atoms with Crippen molar-refractivity contribution in [3.05, 3.63) is 34.9 Å². The van der Waals surface area contributed by atoms with Crippen molar-refractivity contribution in [2.24, 2.45) is 4.99 Å². The molecule has 0 amide bonds. The Labute approximate surface area is 98.6 Å². The summed E-state index contributed by atoms with van der Waals surface area (Å²) in [5.41, 5.74) is 0.377. The Morgan fingerprint density at radius 3 is 2.41 bits per heavy atom. The van der Waals surface area contributed by atoms with E-state index in [2.05, 4.69) is 10.3 Å². The first-order valence-electron chi connectivity index (χ1n) is 5.28. The number of alkyl halides is 3. The lowest BCUT2D eigenvalue weighted by Gasteiger charge is -2.12. The minimum Gasteiger partial charge on any atom is -0.370 e. The van der Waals surface area contributed by atoms with Crippen molar-refractivity contribution in [1.82, 2.24) is 5.32 Å². The van der Waals surface area contributed by atoms with E-state index in [1.165, 1.54) is 0 Å². The highest BCUT2D eigenvalue weighted by molar-refractivity contribution is 5.99. The van der Waals surface area contributed by atoms with E-state index in [1.807, 2.05) is 6.92 Å². The van der Waals surface area contributed by atoms with Crippen molar-refractivity contribution in [2.75, 3.05) is 13.6 Å². The molecule has 94 valence electrons. The van der Waals surface area contributed by atoms with Crippen molar-refractivity contribution in [1.29, 1.82) is 0 Å². The maximum atomic E-state index is 12.6. The first-order chi connectivity index (χ1) is 7.88. The third kappa shape index (κ3) is 3.47. The lowest BCUT2D eigenvalue weighted by molar-refractivity contribution is -0.137. The van der Waals surface area contributed by atoms with Gasteiger partial charge < -0.3 is 5.32 Å². The first-order valence-corrected chi connectivity index (χ1v) is 5.28. The topological polar surface area (TPSA) is 24.4 Å². The van der Waals surface area contributed by atoms with Gasteiger partial charge >= 0.3 is 6.18 Å². The molecular formula is C12H15F3N2. The molecule has 1 aromatic rings. The fourth-order valence-corrected chi connectivity index (χ4v) is 1.56. The molecule has 1 N–H and O–H groups in total. The number of benzene rings is 1. The van der Waals surface area contributed by atoms with Crippen LogP contribution in [0.25, 0.3) is 0 Å². The summed E-state index contributed by atoms with van der Waals surface area (Å²) in [6.45, 7) is 4.12. The summed E-state index contributed by atoms with van der Waals surface area (Å²) in [7, 11) is 1.55. The van der Waals surface area contributed by atoms with E-state index in [4.69, 9.17) is 0 Å². The summed E-state index contributed by atoms with van der Waals surface area (Å²) in [5.74, 6) is 0.474. The van der Waals surface area contributed by atoms with Crippen molar-refractivity contribution >= 4 is 5.84 Å². The Morgan fingerprint density at radius 1 is 1.29 bits per heavy atom. The molecule has 0 aliphatic heterocycles. The maximum Gasteiger partial charge on any atom is 0.416 e. The second-order valence-corrected chi connectivity index (χ2v) is 3.69. The first kappa shape index (κ1) is 13.5. The Balaban J connectivity index is 3.22. The predicted molar refractivity (Wildman–Crippen MR) is 62.3 cm³/mol. The number of hydrogen-bond donors (Lipinski definition) is 1. The molecule has 1 aromatic carbocycles. The van der Waals surface area contributed by atoms with Gasteiger partial charge in [0.05, 0.1) is 5.56 Å². The molecule has 0 radical (unpaired) electrons. The molecular weight excluding hydrogens is 229 g/mol. The molecule has 0 aliphatic rings. The van der Waals surface area contributed by atoms with E-state index in [0.29, 0.717) is 23.5 Å². The molecule has 0 spiro atoms. The fourth-order valence-electron chi connectivity index (χ4n) is 1.56. The van der Waals surface area contributed by atoms with Gasteiger partial charge in [-0.15, -0.1) is 0 Å². The summed E-state index contributed by atoms with van der Waals surface area (Å²) in [4.78, 5) is 3.95. The lowest BCUT2D eigenvalue weighted by atomic mass is 10.1. The largest absolute Gasteiger partial charge is 0.416 e. The van der Waals surface area contributed by atoms with Gasteiger partial charge in [-0.3, -0.25) is 4.99 Å². The van der Waals surface area contributed by atoms with Crippen LogP contribution in [-0.2, 0) is 6.18 Å². The quantitative estimate of drug-likeness (QED) is 0.627. The van der Waals surface area contributed by atoms with Gasteiger partial charge in [0.1, 0.15) is 5.84 Å². The molecule has 17 heavy (non-hydrogen) atoms. The number of aryl methyl sites for hydroxylation is 1. The fraction of sp³-hybridized carbons (Fsp3) is 0.417. The van der Waals surface area contributed by atoms with Crippen LogP contribution < -0.4 is 5.32 Å². The minimum atomic E-state index is -4.33. The normalized spacial score (nSPS) is 12.7. The Morgan fingerprint density at radius 2 is 1.94 bits per heavy atom. The van der Waals surface area contributed by atoms with Crippen LogP contribution in [0.4, 0.5) is 13.2 Å². The van der Waals surface area contributed by atoms with E-state index >= 15 is 0 Å². The van der Waals surface area contributed by atoms with Crippen LogP contribution in [0.1, 0.15) is 23.6 Å². The number of halogens is 3. The highest BCUT2D eigenvalue weighted by atomic mass is 19.4. The molecule has 0 atom stereocenters. The summed E-state index contributed by atoms with van der Waals surface area (Å²) in [6.07, 6.45) is -4.33. The number of nitrogens with zero attached hydrogens (tertiary/aromatic N) is 1. The van der Waals surface area contributed by atoms with E-state index in [0.717, 1.165) is 12.1 Å². The molecule has 0 saturated carbocycles. The van der Waals surface area contributed by atoms with Crippen LogP contribution in [0, 0.1) is 6.92 Å². The van der Waals surface area contributed by atoms with Crippen LogP contribution in [0.5, 0.6) is 0 Å². The summed E-state index contributed by atoms with van der Waals surface area (Å²) in [6, 6.07) is 3.92. The number of hydrogen-bond acceptors (Lipinski definition) is 1. The summed E-state index contributed by atoms with van der Waals surface area (Å²) in [5, 5.41) is 2.94. The van der Waals surface area contributed by atoms with Crippen molar-refractivity contribution in [3.63, 3.8) is 0 Å². The molecule has 0 aromatic heterocycles. The van der Waals surface area contributed by atoms with Crippen LogP contribution in [-0.4, -0.2) is 19.4 Å². The van der Waals surface area contributed by atoms with Gasteiger partial charge in [-0.25, -0.2) is 0 Å². The molecule has 0 unspecified atom stereocenters. The van der Waals surface area contributed by atoms with E-state index in [-0.39, 0.29) is 0 Å². The van der Waals surface area contributed by atoms with E-state index in [9.17, 15) is 13.2 Å². The van der Waals surface area contributed by atoms with E-state index < -0.39 is 11.7 Å². The Hall–Kier alpha value is -1.52. The standard InChI is InChI=1S/C12H15F3N2/c1-4-17-11(16-3)9-5-8(2)6-10(7-9)12(13,14)15/h5-7H,4H2,1-3H3,(H,16,17). The van der Waals surface area contributed by atoms with Crippen molar-refractivity contribution in [2.45, 2.75) is 20.0 Å². The van der Waals surface area contributed by atoms with Crippen LogP contribution in [0.3, 0.4) is 0 Å². The van der Waals surface area contributed by atoms with Crippen LogP contribution >= 0.6 is 0 Å². The molecule has 2 nitrogen and oxygen atoms in total. The van der Waals surface area contributed by atoms with Gasteiger partial charge in [-0.05, 0) is 37.6 Å². The second-order valence-electron chi connectivity index (χ2n) is 3.69. The zero-order valence-corrected chi connectivity index (χ0v) is 10.0. The van der Waals surface area contributed by atoms with Crippen molar-refractivity contribution in [3.8, 4) is 0 Å². The molecule has 0 fully saturated rings. The summed E-state index contributed by atoms with van der Waals surface area (Å²) >= 11 is 0. The van der Waals surface area contributed by atoms with Gasteiger partial charge in [-0.2, -0.15) is 13.2 Å². The number of aliphatic imine (C=N–C) groups is 1. The molecule has 0 bridgehead atoms. The monoisotopic (exact) mass is 244 g/mol. The number of nitrogens with one attached hydrogen (secondary N) is 1. The van der Waals surface area contributed by atoms with Crippen LogP contribution in [0.15, 0.2) is 23.2 Å². The molecule has 0 saturated heterocycles. The third-order valence-electron chi connectivity index (χ3n) is 2.25. The van der Waals surface area contributed by atoms with E-state index in [1.54, 1.807) is 20.0 Å². The second kappa shape index (κ2) is 5.21. The van der Waals surface area contributed by atoms with Gasteiger partial charge in [0.25, 0.3) is 0 Å². The summed E-state index contributed by atoms with van der Waals surface area (Å²) < 4.78 is 37.9. The number of amidine groups is 1. The highest BCUT2D eigenvalue weighted by Crippen LogP contribution is 2.30. The third-order valence-corrected chi connectivity index (χ3v) is 2.25. The molecule has 1 rings (SSSR count). The minimum absolute atomic E-state index is 0.460. The smallest absolute Gasteiger partial charge is 0.370 e. The van der Waals surface area contributed by atoms with Crippen LogP contribution in [0.2, 0.25) is 0 Å². The van der Waals surface area contributed by atoms with Gasteiger partial charge in [-0.1, -0.05) is 0 Å². The van der Waals surface area contributed by atoms with Gasteiger partial charge in [0.2, 0.25) is 0 Å².